The van der Waals surface area contributed by atoms with Crippen LogP contribution in [0, 0.1) is 17.6 Å². The first-order chi connectivity index (χ1) is 18.5. The van der Waals surface area contributed by atoms with Gasteiger partial charge in [0.15, 0.2) is 5.17 Å². The molecule has 0 bridgehead atoms. The molecule has 38 heavy (non-hydrogen) atoms. The number of alkyl halides is 1. The van der Waals surface area contributed by atoms with Gasteiger partial charge in [0.2, 0.25) is 0 Å². The van der Waals surface area contributed by atoms with Crippen molar-refractivity contribution in [1.29, 1.82) is 0 Å². The lowest BCUT2D eigenvalue weighted by atomic mass is 9.72. The van der Waals surface area contributed by atoms with E-state index in [0.29, 0.717) is 18.6 Å². The third-order valence-electron chi connectivity index (χ3n) is 6.90. The Kier molecular flexibility index (Phi) is 8.16. The zero-order valence-corrected chi connectivity index (χ0v) is 21.3. The number of amidine groups is 1. The summed E-state index contributed by atoms with van der Waals surface area (Å²) in [4.78, 5) is 17.6. The minimum atomic E-state index is -1.34. The average Bonchev–Trinajstić information content (AvgIpc) is 2.93. The zero-order valence-electron chi connectivity index (χ0n) is 20.5. The third-order valence-corrected chi connectivity index (χ3v) is 8.08. The largest absolute Gasteiger partial charge is 0.374 e. The highest BCUT2D eigenvalue weighted by Crippen LogP contribution is 2.50. The SMILES string of the molecule is O=C(NC1=NC2(c3ccc(F)cc3F)COC(COCc3ccccc3)CC2C(CF)S1)c1ccccc1. The van der Waals surface area contributed by atoms with Gasteiger partial charge in [-0.3, -0.25) is 4.79 Å². The topological polar surface area (TPSA) is 59.9 Å². The van der Waals surface area contributed by atoms with Gasteiger partial charge >= 0.3 is 0 Å². The van der Waals surface area contributed by atoms with Crippen LogP contribution in [0.5, 0.6) is 0 Å². The summed E-state index contributed by atoms with van der Waals surface area (Å²) in [5.41, 5.74) is 0.198. The normalized spacial score (nSPS) is 24.8. The lowest BCUT2D eigenvalue weighted by molar-refractivity contribution is -0.0981. The Hall–Kier alpha value is -3.14. The van der Waals surface area contributed by atoms with E-state index in [1.807, 2.05) is 30.3 Å². The number of carbonyl (C=O) groups is 1. The summed E-state index contributed by atoms with van der Waals surface area (Å²) in [7, 11) is 0. The van der Waals surface area contributed by atoms with Crippen molar-refractivity contribution in [1.82, 2.24) is 5.32 Å². The number of carbonyl (C=O) groups excluding carboxylic acids is 1. The highest BCUT2D eigenvalue weighted by atomic mass is 32.2. The van der Waals surface area contributed by atoms with Gasteiger partial charge in [0.1, 0.15) is 23.8 Å². The Bertz CT molecular complexity index is 1290. The summed E-state index contributed by atoms with van der Waals surface area (Å²) >= 11 is 1.12. The number of thioether (sulfide) groups is 1. The molecule has 0 aliphatic carbocycles. The summed E-state index contributed by atoms with van der Waals surface area (Å²) in [5.74, 6) is -2.41. The number of fused-ring (bicyclic) bond motifs is 1. The summed E-state index contributed by atoms with van der Waals surface area (Å²) in [6.45, 7) is -0.115. The Morgan fingerprint density at radius 1 is 1.08 bits per heavy atom. The summed E-state index contributed by atoms with van der Waals surface area (Å²) in [5, 5.41) is 2.29. The number of ether oxygens (including phenoxy) is 2. The fraction of sp³-hybridized carbons (Fsp3) is 0.310. The molecule has 5 nitrogen and oxygen atoms in total. The third kappa shape index (κ3) is 5.65. The standard InChI is InChI=1S/C29H27F3N2O3S/c30-15-26-24-14-22(17-36-16-19-7-3-1-4-8-19)37-18-29(24,23-12-11-21(31)13-25(23)32)34-28(38-26)33-27(35)20-9-5-2-6-10-20/h1-13,22,24,26H,14-18H2,(H,33,34,35). The number of hydrogen-bond donors (Lipinski definition) is 1. The fourth-order valence-electron chi connectivity index (χ4n) is 5.04. The molecule has 0 spiro atoms. The first-order valence-corrected chi connectivity index (χ1v) is 13.2. The van der Waals surface area contributed by atoms with Crippen molar-refractivity contribution in [3.63, 3.8) is 0 Å². The van der Waals surface area contributed by atoms with Crippen molar-refractivity contribution in [2.45, 2.75) is 29.9 Å². The van der Waals surface area contributed by atoms with Crippen LogP contribution in [0.3, 0.4) is 0 Å². The molecule has 0 aromatic heterocycles. The van der Waals surface area contributed by atoms with Crippen LogP contribution in [0.4, 0.5) is 13.2 Å². The van der Waals surface area contributed by atoms with Crippen molar-refractivity contribution >= 4 is 22.8 Å². The Labute approximate surface area is 223 Å². The molecule has 0 saturated carbocycles. The van der Waals surface area contributed by atoms with Crippen molar-refractivity contribution in [2.24, 2.45) is 10.9 Å². The van der Waals surface area contributed by atoms with Gasteiger partial charge in [0.25, 0.3) is 5.91 Å². The summed E-state index contributed by atoms with van der Waals surface area (Å²) in [6, 6.07) is 21.5. The highest BCUT2D eigenvalue weighted by Gasteiger charge is 2.53. The van der Waals surface area contributed by atoms with E-state index in [1.54, 1.807) is 30.3 Å². The van der Waals surface area contributed by atoms with Gasteiger partial charge in [-0.25, -0.2) is 18.2 Å². The van der Waals surface area contributed by atoms with Crippen molar-refractivity contribution in [3.8, 4) is 0 Å². The monoisotopic (exact) mass is 540 g/mol. The molecule has 2 aliphatic rings. The lowest BCUT2D eigenvalue weighted by Crippen LogP contribution is -2.55. The van der Waals surface area contributed by atoms with E-state index >= 15 is 4.39 Å². The van der Waals surface area contributed by atoms with Crippen LogP contribution in [0.25, 0.3) is 0 Å². The number of halogens is 3. The fourth-order valence-corrected chi connectivity index (χ4v) is 6.26. The van der Waals surface area contributed by atoms with Gasteiger partial charge < -0.3 is 14.8 Å². The zero-order chi connectivity index (χ0) is 26.5. The Morgan fingerprint density at radius 2 is 1.82 bits per heavy atom. The number of nitrogens with one attached hydrogen (secondary N) is 1. The summed E-state index contributed by atoms with van der Waals surface area (Å²) in [6.07, 6.45) is 0.00187. The van der Waals surface area contributed by atoms with E-state index in [4.69, 9.17) is 14.5 Å². The minimum absolute atomic E-state index is 0.0681. The first kappa shape index (κ1) is 26.5. The minimum Gasteiger partial charge on any atom is -0.374 e. The molecule has 198 valence electrons. The predicted octanol–water partition coefficient (Wildman–Crippen LogP) is 5.65. The number of benzene rings is 3. The van der Waals surface area contributed by atoms with Gasteiger partial charge in [0, 0.05) is 28.4 Å². The predicted molar refractivity (Wildman–Crippen MR) is 141 cm³/mol. The molecule has 2 aliphatic heterocycles. The van der Waals surface area contributed by atoms with Gasteiger partial charge in [0.05, 0.1) is 25.9 Å². The van der Waals surface area contributed by atoms with Crippen LogP contribution in [-0.4, -0.2) is 42.3 Å². The quantitative estimate of drug-likeness (QED) is 0.421. The maximum Gasteiger partial charge on any atom is 0.257 e. The maximum atomic E-state index is 15.2. The van der Waals surface area contributed by atoms with Crippen molar-refractivity contribution in [3.05, 3.63) is 107 Å². The molecule has 4 unspecified atom stereocenters. The van der Waals surface area contributed by atoms with E-state index in [2.05, 4.69) is 5.32 Å². The molecular formula is C29H27F3N2O3S. The smallest absolute Gasteiger partial charge is 0.257 e. The number of rotatable bonds is 7. The molecule has 1 fully saturated rings. The molecular weight excluding hydrogens is 513 g/mol. The van der Waals surface area contributed by atoms with Crippen LogP contribution in [0.2, 0.25) is 0 Å². The number of hydrogen-bond acceptors (Lipinski definition) is 5. The number of aliphatic imine (C=N–C) groups is 1. The average molecular weight is 541 g/mol. The van der Waals surface area contributed by atoms with Gasteiger partial charge in [-0.2, -0.15) is 0 Å². The molecule has 1 N–H and O–H groups in total. The molecule has 1 saturated heterocycles. The van der Waals surface area contributed by atoms with Crippen molar-refractivity contribution < 1.29 is 27.4 Å². The Balaban J connectivity index is 1.42. The van der Waals surface area contributed by atoms with Gasteiger partial charge in [-0.15, -0.1) is 0 Å². The Morgan fingerprint density at radius 3 is 2.53 bits per heavy atom. The molecule has 5 rings (SSSR count). The van der Waals surface area contributed by atoms with E-state index in [1.165, 1.54) is 6.07 Å². The van der Waals surface area contributed by atoms with Crippen molar-refractivity contribution in [2.75, 3.05) is 19.9 Å². The molecule has 4 atom stereocenters. The molecule has 3 aromatic carbocycles. The lowest BCUT2D eigenvalue weighted by Gasteiger charge is -2.49. The number of nitrogens with zero attached hydrogens (tertiary/aromatic N) is 1. The van der Waals surface area contributed by atoms with Crippen LogP contribution < -0.4 is 5.32 Å². The van der Waals surface area contributed by atoms with Gasteiger partial charge in [-0.05, 0) is 30.2 Å². The second-order valence-corrected chi connectivity index (χ2v) is 10.6. The maximum absolute atomic E-state index is 15.2. The van der Waals surface area contributed by atoms with E-state index < -0.39 is 40.9 Å². The second kappa shape index (κ2) is 11.7. The molecule has 2 heterocycles. The van der Waals surface area contributed by atoms with Gasteiger partial charge in [-0.1, -0.05) is 66.4 Å². The van der Waals surface area contributed by atoms with Crippen LogP contribution >= 0.6 is 11.8 Å². The van der Waals surface area contributed by atoms with E-state index in [9.17, 15) is 13.6 Å². The molecule has 9 heteroatoms. The van der Waals surface area contributed by atoms with Crippen LogP contribution in [0.15, 0.2) is 83.9 Å². The molecule has 0 radical (unpaired) electrons. The molecule has 3 aromatic rings. The van der Waals surface area contributed by atoms with E-state index in [0.717, 1.165) is 29.5 Å². The highest BCUT2D eigenvalue weighted by molar-refractivity contribution is 8.14. The second-order valence-electron chi connectivity index (χ2n) is 9.37. The van der Waals surface area contributed by atoms with E-state index in [-0.39, 0.29) is 30.0 Å². The van der Waals surface area contributed by atoms with Crippen LogP contribution in [0.1, 0.15) is 27.9 Å². The van der Waals surface area contributed by atoms with Crippen LogP contribution in [-0.2, 0) is 21.6 Å². The summed E-state index contributed by atoms with van der Waals surface area (Å²) < 4.78 is 55.5. The number of amides is 1. The molecule has 1 amide bonds. The first-order valence-electron chi connectivity index (χ1n) is 12.4.